The largest absolute Gasteiger partial charge is 0.481 e. The first-order valence-electron chi connectivity index (χ1n) is 6.84. The van der Waals surface area contributed by atoms with Gasteiger partial charge in [0.2, 0.25) is 5.88 Å². The zero-order valence-electron chi connectivity index (χ0n) is 11.5. The van der Waals surface area contributed by atoms with Gasteiger partial charge in [0.15, 0.2) is 0 Å². The topological polar surface area (TPSA) is 60.2 Å². The molecular weight excluding hydrogens is 250 g/mol. The fourth-order valence-corrected chi connectivity index (χ4v) is 2.74. The Bertz CT molecular complexity index is 583. The molecule has 4 nitrogen and oxygen atoms in total. The fourth-order valence-electron chi connectivity index (χ4n) is 2.74. The molecule has 20 heavy (non-hydrogen) atoms. The van der Waals surface area contributed by atoms with Crippen molar-refractivity contribution in [2.45, 2.75) is 25.0 Å². The molecule has 1 aliphatic carbocycles. The molecule has 0 saturated carbocycles. The lowest BCUT2D eigenvalue weighted by molar-refractivity contribution is 0.397. The van der Waals surface area contributed by atoms with Gasteiger partial charge in [0.1, 0.15) is 0 Å². The predicted octanol–water partition coefficient (Wildman–Crippen LogP) is 2.32. The third-order valence-electron chi connectivity index (χ3n) is 3.82. The van der Waals surface area contributed by atoms with Gasteiger partial charge < -0.3 is 15.8 Å². The van der Waals surface area contributed by atoms with Gasteiger partial charge >= 0.3 is 0 Å². The maximum atomic E-state index is 6.17. The number of pyridine rings is 1. The lowest BCUT2D eigenvalue weighted by Gasteiger charge is -2.14. The van der Waals surface area contributed by atoms with Crippen LogP contribution in [0.5, 0.6) is 5.88 Å². The lowest BCUT2D eigenvalue weighted by Crippen LogP contribution is -2.19. The minimum Gasteiger partial charge on any atom is -0.481 e. The van der Waals surface area contributed by atoms with E-state index in [4.69, 9.17) is 10.5 Å². The number of methoxy groups -OCH3 is 1. The summed E-state index contributed by atoms with van der Waals surface area (Å²) in [6.07, 6.45) is 2.79. The third kappa shape index (κ3) is 2.53. The van der Waals surface area contributed by atoms with E-state index >= 15 is 0 Å². The lowest BCUT2D eigenvalue weighted by atomic mass is 10.1. The van der Waals surface area contributed by atoms with Crippen LogP contribution in [0.15, 0.2) is 42.6 Å². The van der Waals surface area contributed by atoms with Crippen molar-refractivity contribution in [2.75, 3.05) is 7.11 Å². The molecule has 0 fully saturated rings. The summed E-state index contributed by atoms with van der Waals surface area (Å²) in [5, 5.41) is 3.56. The summed E-state index contributed by atoms with van der Waals surface area (Å²) in [6.45, 7) is 0.780. The van der Waals surface area contributed by atoms with Gasteiger partial charge in [0.25, 0.3) is 0 Å². The number of ether oxygens (including phenoxy) is 1. The third-order valence-corrected chi connectivity index (χ3v) is 3.82. The van der Waals surface area contributed by atoms with Crippen LogP contribution in [0.2, 0.25) is 0 Å². The summed E-state index contributed by atoms with van der Waals surface area (Å²) in [5.41, 5.74) is 9.90. The van der Waals surface area contributed by atoms with Crippen molar-refractivity contribution in [1.29, 1.82) is 0 Å². The molecular formula is C16H19N3O. The van der Waals surface area contributed by atoms with Gasteiger partial charge in [-0.1, -0.05) is 30.3 Å². The number of hydrogen-bond acceptors (Lipinski definition) is 4. The van der Waals surface area contributed by atoms with Crippen molar-refractivity contribution >= 4 is 0 Å². The van der Waals surface area contributed by atoms with Crippen LogP contribution >= 0.6 is 0 Å². The van der Waals surface area contributed by atoms with Crippen LogP contribution in [0.25, 0.3) is 0 Å². The molecule has 0 bridgehead atoms. The number of rotatable bonds is 4. The summed E-state index contributed by atoms with van der Waals surface area (Å²) in [5.74, 6) is 0.641. The van der Waals surface area contributed by atoms with Gasteiger partial charge in [0.05, 0.1) is 7.11 Å². The molecule has 0 saturated heterocycles. The molecule has 4 heteroatoms. The Hall–Kier alpha value is -1.91. The first-order chi connectivity index (χ1) is 9.78. The maximum Gasteiger partial charge on any atom is 0.212 e. The molecule has 1 aromatic heterocycles. The molecule has 1 aliphatic rings. The molecule has 2 aromatic rings. The van der Waals surface area contributed by atoms with Crippen LogP contribution < -0.4 is 15.8 Å². The standard InChI is InChI=1S/C16H19N3O/c1-20-16-7-6-11(10-19-16)9-18-15-8-14(17)12-4-2-3-5-13(12)15/h2-7,10,14-15,18H,8-9,17H2,1H3. The quantitative estimate of drug-likeness (QED) is 0.894. The number of hydrogen-bond donors (Lipinski definition) is 2. The van der Waals surface area contributed by atoms with Gasteiger partial charge in [-0.2, -0.15) is 0 Å². The Kier molecular flexibility index (Phi) is 3.67. The van der Waals surface area contributed by atoms with E-state index in [1.54, 1.807) is 7.11 Å². The molecule has 0 radical (unpaired) electrons. The van der Waals surface area contributed by atoms with Crippen molar-refractivity contribution in [3.05, 3.63) is 59.3 Å². The number of nitrogens with one attached hydrogen (secondary N) is 1. The van der Waals surface area contributed by atoms with E-state index in [0.717, 1.165) is 18.5 Å². The average molecular weight is 269 g/mol. The highest BCUT2D eigenvalue weighted by molar-refractivity contribution is 5.37. The summed E-state index contributed by atoms with van der Waals surface area (Å²) in [6, 6.07) is 12.8. The Morgan fingerprint density at radius 2 is 2.05 bits per heavy atom. The second-order valence-electron chi connectivity index (χ2n) is 5.11. The van der Waals surface area contributed by atoms with Crippen molar-refractivity contribution in [3.8, 4) is 5.88 Å². The Balaban J connectivity index is 1.67. The SMILES string of the molecule is COc1ccc(CNC2CC(N)c3ccccc32)cn1. The van der Waals surface area contributed by atoms with Crippen molar-refractivity contribution in [1.82, 2.24) is 10.3 Å². The van der Waals surface area contributed by atoms with Crippen molar-refractivity contribution in [3.63, 3.8) is 0 Å². The highest BCUT2D eigenvalue weighted by Gasteiger charge is 2.27. The fraction of sp³-hybridized carbons (Fsp3) is 0.312. The molecule has 1 heterocycles. The van der Waals surface area contributed by atoms with E-state index in [2.05, 4.69) is 34.6 Å². The van der Waals surface area contributed by atoms with Gasteiger partial charge in [-0.15, -0.1) is 0 Å². The molecule has 1 aromatic carbocycles. The van der Waals surface area contributed by atoms with Gasteiger partial charge in [-0.25, -0.2) is 4.98 Å². The van der Waals surface area contributed by atoms with Crippen LogP contribution in [0, 0.1) is 0 Å². The van der Waals surface area contributed by atoms with Crippen LogP contribution in [0.4, 0.5) is 0 Å². The number of fused-ring (bicyclic) bond motifs is 1. The van der Waals surface area contributed by atoms with Gasteiger partial charge in [0, 0.05) is 30.9 Å². The molecule has 0 amide bonds. The highest BCUT2D eigenvalue weighted by atomic mass is 16.5. The Labute approximate surface area is 119 Å². The van der Waals surface area contributed by atoms with Crippen LogP contribution in [-0.4, -0.2) is 12.1 Å². The number of nitrogens with two attached hydrogens (primary N) is 1. The van der Waals surface area contributed by atoms with Crippen molar-refractivity contribution in [2.24, 2.45) is 5.73 Å². The predicted molar refractivity (Wildman–Crippen MR) is 78.4 cm³/mol. The molecule has 3 N–H and O–H groups in total. The summed E-state index contributed by atoms with van der Waals surface area (Å²) in [7, 11) is 1.62. The highest BCUT2D eigenvalue weighted by Crippen LogP contribution is 2.36. The van der Waals surface area contributed by atoms with E-state index < -0.39 is 0 Å². The van der Waals surface area contributed by atoms with Crippen LogP contribution in [-0.2, 0) is 6.54 Å². The summed E-state index contributed by atoms with van der Waals surface area (Å²) in [4.78, 5) is 4.21. The molecule has 104 valence electrons. The molecule has 2 unspecified atom stereocenters. The molecule has 0 spiro atoms. The number of benzene rings is 1. The smallest absolute Gasteiger partial charge is 0.212 e. The number of nitrogens with zero attached hydrogens (tertiary/aromatic N) is 1. The second-order valence-corrected chi connectivity index (χ2v) is 5.11. The van der Waals surface area contributed by atoms with E-state index in [0.29, 0.717) is 11.9 Å². The first kappa shape index (κ1) is 13.1. The van der Waals surface area contributed by atoms with Crippen molar-refractivity contribution < 1.29 is 4.74 Å². The zero-order chi connectivity index (χ0) is 13.9. The summed E-state index contributed by atoms with van der Waals surface area (Å²) < 4.78 is 5.06. The molecule has 2 atom stereocenters. The minimum atomic E-state index is 0.137. The van der Waals surface area contributed by atoms with E-state index in [-0.39, 0.29) is 6.04 Å². The maximum absolute atomic E-state index is 6.17. The molecule has 0 aliphatic heterocycles. The molecule has 3 rings (SSSR count). The average Bonchev–Trinajstić information content (AvgIpc) is 2.83. The monoisotopic (exact) mass is 269 g/mol. The van der Waals surface area contributed by atoms with Crippen LogP contribution in [0.1, 0.15) is 35.2 Å². The van der Waals surface area contributed by atoms with E-state index in [9.17, 15) is 0 Å². The Morgan fingerprint density at radius 3 is 2.75 bits per heavy atom. The normalized spacial score (nSPS) is 20.7. The van der Waals surface area contributed by atoms with Gasteiger partial charge in [-0.05, 0) is 23.1 Å². The van der Waals surface area contributed by atoms with Gasteiger partial charge in [-0.3, -0.25) is 0 Å². The first-order valence-corrected chi connectivity index (χ1v) is 6.84. The van der Waals surface area contributed by atoms with Crippen LogP contribution in [0.3, 0.4) is 0 Å². The minimum absolute atomic E-state index is 0.137. The zero-order valence-corrected chi connectivity index (χ0v) is 11.5. The summed E-state index contributed by atoms with van der Waals surface area (Å²) >= 11 is 0. The number of aromatic nitrogens is 1. The van der Waals surface area contributed by atoms with E-state index in [1.165, 1.54) is 11.1 Å². The second kappa shape index (κ2) is 5.61. The Morgan fingerprint density at radius 1 is 1.25 bits per heavy atom. The van der Waals surface area contributed by atoms with E-state index in [1.807, 2.05) is 18.3 Å².